The van der Waals surface area contributed by atoms with Gasteiger partial charge >= 0.3 is 0 Å². The van der Waals surface area contributed by atoms with E-state index in [0.29, 0.717) is 11.8 Å². The van der Waals surface area contributed by atoms with Crippen molar-refractivity contribution in [2.75, 3.05) is 13.1 Å². The molecule has 1 aromatic heterocycles. The zero-order chi connectivity index (χ0) is 14.0. The minimum absolute atomic E-state index is 0.0663. The van der Waals surface area contributed by atoms with E-state index >= 15 is 0 Å². The van der Waals surface area contributed by atoms with Crippen LogP contribution in [0.25, 0.3) is 0 Å². The molecule has 1 saturated carbocycles. The number of aromatic amines is 1. The summed E-state index contributed by atoms with van der Waals surface area (Å²) in [5.41, 5.74) is 0.0663. The van der Waals surface area contributed by atoms with Gasteiger partial charge in [-0.1, -0.05) is 33.1 Å². The first-order chi connectivity index (χ1) is 9.68. The maximum absolute atomic E-state index is 4.89. The van der Waals surface area contributed by atoms with Gasteiger partial charge in [0.05, 0.1) is 0 Å². The monoisotopic (exact) mass is 276 g/mol. The summed E-state index contributed by atoms with van der Waals surface area (Å²) in [6.45, 7) is 6.87. The summed E-state index contributed by atoms with van der Waals surface area (Å²) in [4.78, 5) is 4.89. The fraction of sp³-hybridized carbons (Fsp3) is 0.875. The lowest BCUT2D eigenvalue weighted by atomic mass is 9.74. The lowest BCUT2D eigenvalue weighted by Gasteiger charge is -2.35. The first-order valence-corrected chi connectivity index (χ1v) is 8.31. The average molecular weight is 276 g/mol. The van der Waals surface area contributed by atoms with Crippen LogP contribution in [0.4, 0.5) is 0 Å². The molecule has 1 atom stereocenters. The van der Waals surface area contributed by atoms with E-state index < -0.39 is 0 Å². The summed E-state index contributed by atoms with van der Waals surface area (Å²) in [6, 6.07) is 0. The summed E-state index contributed by atoms with van der Waals surface area (Å²) in [6.07, 6.45) is 9.19. The molecule has 2 aliphatic rings. The lowest BCUT2D eigenvalue weighted by molar-refractivity contribution is 0.241. The van der Waals surface area contributed by atoms with Crippen LogP contribution >= 0.6 is 0 Å². The molecule has 1 aromatic rings. The number of hydrogen-bond donors (Lipinski definition) is 2. The molecule has 112 valence electrons. The van der Waals surface area contributed by atoms with Crippen molar-refractivity contribution in [3.8, 4) is 0 Å². The summed E-state index contributed by atoms with van der Waals surface area (Å²) >= 11 is 0. The van der Waals surface area contributed by atoms with Crippen molar-refractivity contribution in [2.24, 2.45) is 5.92 Å². The van der Waals surface area contributed by atoms with Gasteiger partial charge in [0.25, 0.3) is 0 Å². The smallest absolute Gasteiger partial charge is 0.156 e. The first kappa shape index (κ1) is 14.1. The van der Waals surface area contributed by atoms with Gasteiger partial charge in [0.1, 0.15) is 5.82 Å². The van der Waals surface area contributed by atoms with Crippen molar-refractivity contribution < 1.29 is 0 Å². The van der Waals surface area contributed by atoms with Gasteiger partial charge in [-0.15, -0.1) is 0 Å². The van der Waals surface area contributed by atoms with Gasteiger partial charge < -0.3 is 5.32 Å². The number of H-pyrrole nitrogens is 1. The van der Waals surface area contributed by atoms with Gasteiger partial charge in [-0.2, -0.15) is 5.10 Å². The van der Waals surface area contributed by atoms with Crippen LogP contribution in [-0.2, 0) is 5.41 Å². The van der Waals surface area contributed by atoms with Gasteiger partial charge in [-0.3, -0.25) is 5.10 Å². The molecule has 1 aliphatic heterocycles. The Morgan fingerprint density at radius 2 is 1.85 bits per heavy atom. The number of rotatable bonds is 3. The molecule has 1 saturated heterocycles. The van der Waals surface area contributed by atoms with Crippen LogP contribution < -0.4 is 5.32 Å². The molecule has 2 heterocycles. The van der Waals surface area contributed by atoms with E-state index in [9.17, 15) is 0 Å². The van der Waals surface area contributed by atoms with Gasteiger partial charge in [0.2, 0.25) is 0 Å². The third kappa shape index (κ3) is 2.76. The van der Waals surface area contributed by atoms with Crippen molar-refractivity contribution >= 4 is 0 Å². The first-order valence-electron chi connectivity index (χ1n) is 8.31. The Hall–Kier alpha value is -0.900. The van der Waals surface area contributed by atoms with Gasteiger partial charge in [-0.05, 0) is 44.7 Å². The van der Waals surface area contributed by atoms with Gasteiger partial charge in [0, 0.05) is 11.3 Å². The van der Waals surface area contributed by atoms with Crippen molar-refractivity contribution in [3.05, 3.63) is 11.6 Å². The van der Waals surface area contributed by atoms with Gasteiger partial charge in [-0.25, -0.2) is 4.98 Å². The Morgan fingerprint density at radius 1 is 1.05 bits per heavy atom. The highest BCUT2D eigenvalue weighted by atomic mass is 15.2. The van der Waals surface area contributed by atoms with E-state index in [2.05, 4.69) is 29.4 Å². The third-order valence-corrected chi connectivity index (χ3v) is 5.39. The predicted octanol–water partition coefficient (Wildman–Crippen LogP) is 3.13. The SMILES string of the molecule is CC(C)(c1n[nH]c(C2CCCCC2)n1)C1CCCNC1. The fourth-order valence-corrected chi connectivity index (χ4v) is 3.77. The topological polar surface area (TPSA) is 53.6 Å². The highest BCUT2D eigenvalue weighted by Crippen LogP contribution is 2.35. The fourth-order valence-electron chi connectivity index (χ4n) is 3.77. The predicted molar refractivity (Wildman–Crippen MR) is 80.8 cm³/mol. The van der Waals surface area contributed by atoms with Crippen molar-refractivity contribution in [3.63, 3.8) is 0 Å². The molecule has 0 bridgehead atoms. The molecule has 1 aliphatic carbocycles. The standard InChI is InChI=1S/C16H28N4/c1-16(2,13-9-6-10-17-11-13)15-18-14(19-20-15)12-7-4-3-5-8-12/h12-13,17H,3-11H2,1-2H3,(H,18,19,20). The molecule has 4 nitrogen and oxygen atoms in total. The van der Waals surface area contributed by atoms with E-state index in [0.717, 1.165) is 24.7 Å². The summed E-state index contributed by atoms with van der Waals surface area (Å²) in [5, 5.41) is 11.3. The second-order valence-corrected chi connectivity index (χ2v) is 7.14. The Kier molecular flexibility index (Phi) is 4.11. The summed E-state index contributed by atoms with van der Waals surface area (Å²) < 4.78 is 0. The van der Waals surface area contributed by atoms with Crippen molar-refractivity contribution in [1.29, 1.82) is 0 Å². The van der Waals surface area contributed by atoms with Gasteiger partial charge in [0.15, 0.2) is 5.82 Å². The molecular weight excluding hydrogens is 248 g/mol. The highest BCUT2D eigenvalue weighted by molar-refractivity contribution is 5.10. The van der Waals surface area contributed by atoms with E-state index in [4.69, 9.17) is 4.98 Å². The number of hydrogen-bond acceptors (Lipinski definition) is 3. The Labute approximate surface area is 122 Å². The van der Waals surface area contributed by atoms with Crippen LogP contribution in [0, 0.1) is 5.92 Å². The molecule has 3 rings (SSSR count). The maximum Gasteiger partial charge on any atom is 0.156 e. The summed E-state index contributed by atoms with van der Waals surface area (Å²) in [7, 11) is 0. The minimum Gasteiger partial charge on any atom is -0.316 e. The van der Waals surface area contributed by atoms with Crippen LogP contribution in [0.15, 0.2) is 0 Å². The quantitative estimate of drug-likeness (QED) is 0.892. The Balaban J connectivity index is 1.74. The largest absolute Gasteiger partial charge is 0.316 e. The Bertz CT molecular complexity index is 425. The van der Waals surface area contributed by atoms with Crippen molar-refractivity contribution in [1.82, 2.24) is 20.5 Å². The number of nitrogens with zero attached hydrogens (tertiary/aromatic N) is 2. The molecule has 0 spiro atoms. The number of nitrogens with one attached hydrogen (secondary N) is 2. The number of aromatic nitrogens is 3. The number of piperidine rings is 1. The van der Waals surface area contributed by atoms with Crippen LogP contribution in [-0.4, -0.2) is 28.3 Å². The van der Waals surface area contributed by atoms with Crippen LogP contribution in [0.2, 0.25) is 0 Å². The third-order valence-electron chi connectivity index (χ3n) is 5.39. The van der Waals surface area contributed by atoms with E-state index in [-0.39, 0.29) is 5.41 Å². The van der Waals surface area contributed by atoms with E-state index in [1.807, 2.05) is 0 Å². The molecule has 2 N–H and O–H groups in total. The second kappa shape index (κ2) is 5.84. The van der Waals surface area contributed by atoms with Crippen molar-refractivity contribution in [2.45, 2.75) is 70.1 Å². The Morgan fingerprint density at radius 3 is 2.55 bits per heavy atom. The average Bonchev–Trinajstić information content (AvgIpc) is 3.00. The molecule has 20 heavy (non-hydrogen) atoms. The summed E-state index contributed by atoms with van der Waals surface area (Å²) in [5.74, 6) is 3.42. The highest BCUT2D eigenvalue weighted by Gasteiger charge is 2.36. The zero-order valence-corrected chi connectivity index (χ0v) is 12.9. The van der Waals surface area contributed by atoms with Crippen LogP contribution in [0.3, 0.4) is 0 Å². The molecular formula is C16H28N4. The molecule has 1 unspecified atom stereocenters. The molecule has 0 aromatic carbocycles. The lowest BCUT2D eigenvalue weighted by Crippen LogP contribution is -2.41. The second-order valence-electron chi connectivity index (χ2n) is 7.14. The van der Waals surface area contributed by atoms with Crippen LogP contribution in [0.1, 0.15) is 76.4 Å². The molecule has 0 radical (unpaired) electrons. The molecule has 4 heteroatoms. The molecule has 2 fully saturated rings. The van der Waals surface area contributed by atoms with E-state index in [1.54, 1.807) is 0 Å². The normalized spacial score (nSPS) is 25.8. The maximum atomic E-state index is 4.89. The molecule has 0 amide bonds. The zero-order valence-electron chi connectivity index (χ0n) is 12.9. The van der Waals surface area contributed by atoms with E-state index in [1.165, 1.54) is 44.9 Å². The minimum atomic E-state index is 0.0663. The van der Waals surface area contributed by atoms with Crippen LogP contribution in [0.5, 0.6) is 0 Å².